The Morgan fingerprint density at radius 2 is 1.93 bits per heavy atom. The Hall–Kier alpha value is -1.36. The second kappa shape index (κ2) is 9.22. The molecule has 5 nitrogen and oxygen atoms in total. The maximum Gasteiger partial charge on any atom is 0.221 e. The molecule has 1 atom stereocenters. The summed E-state index contributed by atoms with van der Waals surface area (Å²) in [7, 11) is 0. The molecule has 0 unspecified atom stereocenters. The van der Waals surface area contributed by atoms with Gasteiger partial charge in [-0.05, 0) is 51.0 Å². The lowest BCUT2D eigenvalue weighted by Gasteiger charge is -2.33. The molecule has 0 spiro atoms. The van der Waals surface area contributed by atoms with Crippen LogP contribution in [0.15, 0.2) is 12.4 Å². The molecule has 2 heterocycles. The van der Waals surface area contributed by atoms with E-state index < -0.39 is 0 Å². The molecule has 4 rings (SSSR count). The molecule has 1 amide bonds. The van der Waals surface area contributed by atoms with Crippen molar-refractivity contribution in [3.63, 3.8) is 0 Å². The predicted molar refractivity (Wildman–Crippen MR) is 108 cm³/mol. The number of aromatic nitrogens is 2. The Bertz CT molecular complexity index is 603. The van der Waals surface area contributed by atoms with Crippen LogP contribution in [-0.4, -0.2) is 46.0 Å². The highest BCUT2D eigenvalue weighted by Crippen LogP contribution is 2.31. The number of rotatable bonds is 7. The number of carbonyl (C=O) groups is 1. The van der Waals surface area contributed by atoms with Crippen LogP contribution >= 0.6 is 0 Å². The SMILES string of the molecule is O=C(CCN1CCC[C@@H](c2nccn2CC2CCC2)C1)NC1CCCCC1. The highest BCUT2D eigenvalue weighted by atomic mass is 16.1. The summed E-state index contributed by atoms with van der Waals surface area (Å²) in [5.41, 5.74) is 0. The number of likely N-dealkylation sites (tertiary alicyclic amines) is 1. The predicted octanol–water partition coefficient (Wildman–Crippen LogP) is 3.70. The number of nitrogens with one attached hydrogen (secondary N) is 1. The smallest absolute Gasteiger partial charge is 0.221 e. The largest absolute Gasteiger partial charge is 0.353 e. The van der Waals surface area contributed by atoms with Gasteiger partial charge in [-0.25, -0.2) is 4.98 Å². The van der Waals surface area contributed by atoms with Gasteiger partial charge in [0.1, 0.15) is 5.82 Å². The Morgan fingerprint density at radius 3 is 2.70 bits per heavy atom. The first-order chi connectivity index (χ1) is 13.3. The summed E-state index contributed by atoms with van der Waals surface area (Å²) < 4.78 is 2.41. The van der Waals surface area contributed by atoms with Gasteiger partial charge in [0.2, 0.25) is 5.91 Å². The van der Waals surface area contributed by atoms with Crippen LogP contribution in [0.25, 0.3) is 0 Å². The summed E-state index contributed by atoms with van der Waals surface area (Å²) >= 11 is 0. The minimum atomic E-state index is 0.246. The molecule has 5 heteroatoms. The molecule has 3 fully saturated rings. The number of piperidine rings is 1. The third-order valence-corrected chi connectivity index (χ3v) is 6.92. The van der Waals surface area contributed by atoms with Crippen molar-refractivity contribution in [3.8, 4) is 0 Å². The lowest BCUT2D eigenvalue weighted by molar-refractivity contribution is -0.122. The molecule has 1 N–H and O–H groups in total. The summed E-state index contributed by atoms with van der Waals surface area (Å²) in [6.07, 6.45) is 17.6. The molecule has 1 aromatic heterocycles. The number of amides is 1. The molecule has 27 heavy (non-hydrogen) atoms. The van der Waals surface area contributed by atoms with Crippen molar-refractivity contribution < 1.29 is 4.79 Å². The van der Waals surface area contributed by atoms with Crippen molar-refractivity contribution >= 4 is 5.91 Å². The van der Waals surface area contributed by atoms with E-state index in [1.54, 1.807) is 0 Å². The van der Waals surface area contributed by atoms with Crippen molar-refractivity contribution in [2.24, 2.45) is 5.92 Å². The van der Waals surface area contributed by atoms with E-state index in [0.717, 1.165) is 32.1 Å². The topological polar surface area (TPSA) is 50.2 Å². The molecule has 2 saturated carbocycles. The van der Waals surface area contributed by atoms with E-state index in [9.17, 15) is 4.79 Å². The quantitative estimate of drug-likeness (QED) is 0.794. The Morgan fingerprint density at radius 1 is 1.07 bits per heavy atom. The summed E-state index contributed by atoms with van der Waals surface area (Å²) in [5, 5.41) is 3.26. The second-order valence-corrected chi connectivity index (χ2v) is 9.03. The van der Waals surface area contributed by atoms with Gasteiger partial charge in [0.05, 0.1) is 0 Å². The van der Waals surface area contributed by atoms with Crippen LogP contribution < -0.4 is 5.32 Å². The monoisotopic (exact) mass is 372 g/mol. The number of nitrogens with zero attached hydrogens (tertiary/aromatic N) is 3. The van der Waals surface area contributed by atoms with Crippen LogP contribution in [0.5, 0.6) is 0 Å². The zero-order valence-corrected chi connectivity index (χ0v) is 16.7. The standard InChI is InChI=1S/C22H36N4O/c27-21(24-20-9-2-1-3-10-20)11-14-25-13-5-8-19(17-25)22-23-12-15-26(22)16-18-6-4-7-18/h12,15,18-20H,1-11,13-14,16-17H2,(H,24,27)/t19-/m1/s1. The van der Waals surface area contributed by atoms with Crippen LogP contribution in [0.2, 0.25) is 0 Å². The van der Waals surface area contributed by atoms with Gasteiger partial charge in [0.15, 0.2) is 0 Å². The van der Waals surface area contributed by atoms with E-state index in [1.165, 1.54) is 70.0 Å². The molecule has 3 aliphatic rings. The zero-order valence-electron chi connectivity index (χ0n) is 16.7. The highest BCUT2D eigenvalue weighted by Gasteiger charge is 2.27. The van der Waals surface area contributed by atoms with E-state index in [-0.39, 0.29) is 5.91 Å². The minimum absolute atomic E-state index is 0.246. The normalized spacial score (nSPS) is 25.3. The van der Waals surface area contributed by atoms with Gasteiger partial charge in [-0.15, -0.1) is 0 Å². The molecule has 1 aromatic rings. The van der Waals surface area contributed by atoms with E-state index in [2.05, 4.69) is 21.0 Å². The third kappa shape index (κ3) is 5.13. The third-order valence-electron chi connectivity index (χ3n) is 6.92. The van der Waals surface area contributed by atoms with Crippen molar-refractivity contribution in [2.75, 3.05) is 19.6 Å². The second-order valence-electron chi connectivity index (χ2n) is 9.03. The fourth-order valence-electron chi connectivity index (χ4n) is 5.06. The van der Waals surface area contributed by atoms with Crippen LogP contribution in [0, 0.1) is 5.92 Å². The molecule has 1 aliphatic heterocycles. The summed E-state index contributed by atoms with van der Waals surface area (Å²) in [6, 6.07) is 0.430. The molecule has 0 bridgehead atoms. The van der Waals surface area contributed by atoms with E-state index in [1.807, 2.05) is 6.20 Å². The van der Waals surface area contributed by atoms with Crippen LogP contribution in [-0.2, 0) is 11.3 Å². The molecule has 1 saturated heterocycles. The highest BCUT2D eigenvalue weighted by molar-refractivity contribution is 5.76. The lowest BCUT2D eigenvalue weighted by atomic mass is 9.85. The summed E-state index contributed by atoms with van der Waals surface area (Å²) in [5.74, 6) is 2.91. The van der Waals surface area contributed by atoms with Crippen molar-refractivity contribution in [3.05, 3.63) is 18.2 Å². The van der Waals surface area contributed by atoms with Gasteiger partial charge in [0, 0.05) is 50.4 Å². The number of carbonyl (C=O) groups excluding carboxylic acids is 1. The molecular weight excluding hydrogens is 336 g/mol. The fourth-order valence-corrected chi connectivity index (χ4v) is 5.06. The maximum atomic E-state index is 12.3. The first-order valence-electron chi connectivity index (χ1n) is 11.3. The number of imidazole rings is 1. The van der Waals surface area contributed by atoms with Gasteiger partial charge in [-0.3, -0.25) is 4.79 Å². The van der Waals surface area contributed by atoms with Gasteiger partial charge in [-0.2, -0.15) is 0 Å². The van der Waals surface area contributed by atoms with Crippen LogP contribution in [0.3, 0.4) is 0 Å². The first kappa shape index (κ1) is 19.0. The lowest BCUT2D eigenvalue weighted by Crippen LogP contribution is -2.40. The van der Waals surface area contributed by atoms with E-state index in [0.29, 0.717) is 18.4 Å². The van der Waals surface area contributed by atoms with E-state index >= 15 is 0 Å². The summed E-state index contributed by atoms with van der Waals surface area (Å²) in [6.45, 7) is 4.21. The number of hydrogen-bond donors (Lipinski definition) is 1. The first-order valence-corrected chi connectivity index (χ1v) is 11.3. The van der Waals surface area contributed by atoms with Gasteiger partial charge in [-0.1, -0.05) is 25.7 Å². The average Bonchev–Trinajstić information content (AvgIpc) is 3.13. The van der Waals surface area contributed by atoms with Crippen molar-refractivity contribution in [1.82, 2.24) is 19.8 Å². The van der Waals surface area contributed by atoms with Gasteiger partial charge < -0.3 is 14.8 Å². The summed E-state index contributed by atoms with van der Waals surface area (Å²) in [4.78, 5) is 19.5. The maximum absolute atomic E-state index is 12.3. The molecule has 0 aromatic carbocycles. The zero-order chi connectivity index (χ0) is 18.5. The van der Waals surface area contributed by atoms with Gasteiger partial charge in [0.25, 0.3) is 0 Å². The van der Waals surface area contributed by atoms with Crippen molar-refractivity contribution in [1.29, 1.82) is 0 Å². The van der Waals surface area contributed by atoms with Crippen molar-refractivity contribution in [2.45, 2.75) is 89.1 Å². The Kier molecular flexibility index (Phi) is 6.48. The molecule has 0 radical (unpaired) electrons. The molecular formula is C22H36N4O. The van der Waals surface area contributed by atoms with Gasteiger partial charge >= 0.3 is 0 Å². The molecule has 2 aliphatic carbocycles. The number of hydrogen-bond acceptors (Lipinski definition) is 3. The minimum Gasteiger partial charge on any atom is -0.353 e. The average molecular weight is 373 g/mol. The Balaban J connectivity index is 1.24. The van der Waals surface area contributed by atoms with Crippen LogP contribution in [0.1, 0.15) is 82.4 Å². The Labute approximate surface area is 163 Å². The van der Waals surface area contributed by atoms with E-state index in [4.69, 9.17) is 4.98 Å². The fraction of sp³-hybridized carbons (Fsp3) is 0.818. The molecule has 150 valence electrons. The van der Waals surface area contributed by atoms with Crippen LogP contribution in [0.4, 0.5) is 0 Å².